The first-order valence-electron chi connectivity index (χ1n) is 14.3. The second-order valence-corrected chi connectivity index (χ2v) is 10.6. The minimum Gasteiger partial charge on any atom is -0.449 e. The monoisotopic (exact) mass is 623 g/mol. The summed E-state index contributed by atoms with van der Waals surface area (Å²) < 4.78 is 5.53. The molecule has 45 heavy (non-hydrogen) atoms. The molecule has 3 N–H and O–H groups in total. The van der Waals surface area contributed by atoms with Crippen LogP contribution in [0, 0.1) is 0 Å². The summed E-state index contributed by atoms with van der Waals surface area (Å²) >= 11 is 5.82. The summed E-state index contributed by atoms with van der Waals surface area (Å²) in [4.78, 5) is 55.1. The Kier molecular flexibility index (Phi) is 10.2. The highest BCUT2D eigenvalue weighted by atomic mass is 35.5. The summed E-state index contributed by atoms with van der Waals surface area (Å²) in [6.07, 6.45) is -0.139. The van der Waals surface area contributed by atoms with Crippen LogP contribution in [0.5, 0.6) is 0 Å². The van der Waals surface area contributed by atoms with E-state index in [2.05, 4.69) is 28.8 Å². The lowest BCUT2D eigenvalue weighted by molar-refractivity contribution is -0.132. The van der Waals surface area contributed by atoms with Gasteiger partial charge >= 0.3 is 12.1 Å². The van der Waals surface area contributed by atoms with E-state index in [9.17, 15) is 19.2 Å². The van der Waals surface area contributed by atoms with Crippen molar-refractivity contribution in [1.29, 1.82) is 0 Å². The molecule has 0 saturated carbocycles. The lowest BCUT2D eigenvalue weighted by Gasteiger charge is -2.19. The zero-order chi connectivity index (χ0) is 31.6. The van der Waals surface area contributed by atoms with E-state index < -0.39 is 36.5 Å². The fourth-order valence-corrected chi connectivity index (χ4v) is 5.07. The smallest absolute Gasteiger partial charge is 0.407 e. The Hall–Kier alpha value is -5.41. The molecule has 5 aromatic rings. The van der Waals surface area contributed by atoms with E-state index in [1.165, 1.54) is 24.3 Å². The van der Waals surface area contributed by atoms with Crippen LogP contribution in [0.2, 0.25) is 5.02 Å². The molecule has 0 fully saturated rings. The topological polar surface area (TPSA) is 123 Å². The molecule has 0 heterocycles. The van der Waals surface area contributed by atoms with E-state index in [0.29, 0.717) is 11.4 Å². The summed E-state index contributed by atoms with van der Waals surface area (Å²) in [7, 11) is 0. The molecule has 10 heteroatoms. The van der Waals surface area contributed by atoms with Crippen molar-refractivity contribution in [3.8, 4) is 0 Å². The van der Waals surface area contributed by atoms with E-state index in [1.54, 1.807) is 0 Å². The molecule has 1 atom stereocenters. The van der Waals surface area contributed by atoms with Crippen molar-refractivity contribution in [1.82, 2.24) is 16.1 Å². The van der Waals surface area contributed by atoms with Crippen LogP contribution >= 0.6 is 11.6 Å². The van der Waals surface area contributed by atoms with Crippen molar-refractivity contribution in [2.75, 3.05) is 13.2 Å². The molecule has 0 bridgehead atoms. The van der Waals surface area contributed by atoms with Crippen molar-refractivity contribution in [3.63, 3.8) is 0 Å². The molecule has 5 aromatic carbocycles. The molecule has 0 radical (unpaired) electrons. The van der Waals surface area contributed by atoms with Crippen LogP contribution in [0.1, 0.15) is 21.5 Å². The molecule has 0 unspecified atom stereocenters. The fraction of sp³-hybridized carbons (Fsp3) is 0.143. The maximum Gasteiger partial charge on any atom is 0.407 e. The highest BCUT2D eigenvalue weighted by Crippen LogP contribution is 2.28. The van der Waals surface area contributed by atoms with E-state index in [1.807, 2.05) is 72.2 Å². The summed E-state index contributed by atoms with van der Waals surface area (Å²) in [5.41, 5.74) is 4.04. The van der Waals surface area contributed by atoms with Gasteiger partial charge in [0.05, 0.1) is 18.7 Å². The van der Waals surface area contributed by atoms with Crippen LogP contribution in [0.4, 0.5) is 4.79 Å². The van der Waals surface area contributed by atoms with Gasteiger partial charge in [-0.05, 0) is 63.0 Å². The minimum atomic E-state index is -1.04. The number of hydroxylamine groups is 1. The summed E-state index contributed by atoms with van der Waals surface area (Å²) in [6, 6.07) is 32.3. The Labute approximate surface area is 264 Å². The summed E-state index contributed by atoms with van der Waals surface area (Å²) in [6.45, 7) is -0.409. The van der Waals surface area contributed by atoms with Gasteiger partial charge in [-0.1, -0.05) is 90.5 Å². The average Bonchev–Trinajstić information content (AvgIpc) is 3.06. The number of ether oxygens (including phenoxy) is 1. The van der Waals surface area contributed by atoms with Crippen LogP contribution < -0.4 is 16.1 Å². The van der Waals surface area contributed by atoms with Crippen molar-refractivity contribution in [2.45, 2.75) is 18.9 Å². The number of halogens is 1. The molecule has 0 aromatic heterocycles. The Morgan fingerprint density at radius 2 is 1.38 bits per heavy atom. The molecule has 0 aliphatic rings. The Morgan fingerprint density at radius 3 is 2.04 bits per heavy atom. The van der Waals surface area contributed by atoms with Gasteiger partial charge in [-0.15, -0.1) is 0 Å². The first-order chi connectivity index (χ1) is 21.9. The molecule has 3 amide bonds. The first-order valence-corrected chi connectivity index (χ1v) is 14.6. The Morgan fingerprint density at radius 1 is 0.756 bits per heavy atom. The van der Waals surface area contributed by atoms with Gasteiger partial charge in [-0.3, -0.25) is 9.59 Å². The van der Waals surface area contributed by atoms with Crippen molar-refractivity contribution >= 4 is 57.0 Å². The first kappa shape index (κ1) is 31.0. The quantitative estimate of drug-likeness (QED) is 0.139. The van der Waals surface area contributed by atoms with Crippen LogP contribution in [-0.4, -0.2) is 43.1 Å². The maximum absolute atomic E-state index is 13.1. The molecule has 9 nitrogen and oxygen atoms in total. The van der Waals surface area contributed by atoms with E-state index in [0.717, 1.165) is 32.7 Å². The van der Waals surface area contributed by atoms with Crippen LogP contribution in [0.3, 0.4) is 0 Å². The number of hydrogen-bond acceptors (Lipinski definition) is 6. The van der Waals surface area contributed by atoms with Gasteiger partial charge in [0.2, 0.25) is 5.91 Å². The normalized spacial score (nSPS) is 11.4. The van der Waals surface area contributed by atoms with Gasteiger partial charge in [0, 0.05) is 17.9 Å². The predicted molar refractivity (Wildman–Crippen MR) is 172 cm³/mol. The molecule has 0 spiro atoms. The van der Waals surface area contributed by atoms with E-state index in [-0.39, 0.29) is 18.6 Å². The number of amides is 3. The fourth-order valence-electron chi connectivity index (χ4n) is 4.94. The summed E-state index contributed by atoms with van der Waals surface area (Å²) in [5, 5.41) is 9.90. The second kappa shape index (κ2) is 14.9. The molecular formula is C35H30ClN3O6. The van der Waals surface area contributed by atoms with Gasteiger partial charge in [0.1, 0.15) is 6.04 Å². The SMILES string of the molecule is O=C(CNC(=O)[C@@H](Cc1ccccc1)NC(=O)OCCc1c2ccccc2cc2ccccc12)NOC(=O)c1ccc(Cl)cc1. The molecular weight excluding hydrogens is 594 g/mol. The highest BCUT2D eigenvalue weighted by molar-refractivity contribution is 6.30. The van der Waals surface area contributed by atoms with Gasteiger partial charge in [-0.2, -0.15) is 5.48 Å². The van der Waals surface area contributed by atoms with Crippen LogP contribution in [0.15, 0.2) is 109 Å². The minimum absolute atomic E-state index is 0.0882. The number of rotatable bonds is 10. The van der Waals surface area contributed by atoms with Crippen LogP contribution in [-0.2, 0) is 32.0 Å². The zero-order valence-corrected chi connectivity index (χ0v) is 24.9. The number of hydrogen-bond donors (Lipinski definition) is 3. The summed E-state index contributed by atoms with van der Waals surface area (Å²) in [5.74, 6) is -2.18. The second-order valence-electron chi connectivity index (χ2n) is 10.2. The van der Waals surface area contributed by atoms with E-state index in [4.69, 9.17) is 21.2 Å². The Bertz CT molecular complexity index is 1770. The third-order valence-electron chi connectivity index (χ3n) is 7.12. The van der Waals surface area contributed by atoms with Crippen LogP contribution in [0.25, 0.3) is 21.5 Å². The third kappa shape index (κ3) is 8.36. The molecule has 0 aliphatic carbocycles. The third-order valence-corrected chi connectivity index (χ3v) is 7.37. The van der Waals surface area contributed by atoms with Crippen molar-refractivity contribution < 1.29 is 28.8 Å². The average molecular weight is 624 g/mol. The zero-order valence-electron chi connectivity index (χ0n) is 24.1. The number of carbonyl (C=O) groups excluding carboxylic acids is 4. The van der Waals surface area contributed by atoms with Crippen molar-refractivity contribution in [3.05, 3.63) is 131 Å². The number of carbonyl (C=O) groups is 4. The highest BCUT2D eigenvalue weighted by Gasteiger charge is 2.23. The number of fused-ring (bicyclic) bond motifs is 2. The number of nitrogens with one attached hydrogen (secondary N) is 3. The lowest BCUT2D eigenvalue weighted by atomic mass is 9.95. The number of benzene rings is 5. The molecule has 228 valence electrons. The van der Waals surface area contributed by atoms with Gasteiger partial charge in [0.15, 0.2) is 0 Å². The predicted octanol–water partition coefficient (Wildman–Crippen LogP) is 5.53. The number of alkyl carbamates (subject to hydrolysis) is 1. The van der Waals surface area contributed by atoms with E-state index >= 15 is 0 Å². The van der Waals surface area contributed by atoms with Gasteiger partial charge in [0.25, 0.3) is 5.91 Å². The molecule has 5 rings (SSSR count). The van der Waals surface area contributed by atoms with Gasteiger partial charge < -0.3 is 20.2 Å². The van der Waals surface area contributed by atoms with Gasteiger partial charge in [-0.25, -0.2) is 9.59 Å². The lowest BCUT2D eigenvalue weighted by Crippen LogP contribution is -2.50. The largest absolute Gasteiger partial charge is 0.449 e. The standard InChI is InChI=1S/C35H30ClN3O6/c36-27-16-14-24(15-17-27)34(42)45-39-32(40)22-37-33(41)31(20-23-8-2-1-3-9-23)38-35(43)44-19-18-30-28-12-6-4-10-25(28)21-26-11-5-7-13-29(26)30/h1-17,21,31H,18-20,22H2,(H,37,41)(H,38,43)(H,39,40)/t31-/m1/s1. The Balaban J connectivity index is 1.17. The molecule has 0 saturated heterocycles. The molecule has 0 aliphatic heterocycles. The maximum atomic E-state index is 13.1. The van der Waals surface area contributed by atoms with Crippen molar-refractivity contribution in [2.24, 2.45) is 0 Å².